The average Bonchev–Trinajstić information content (AvgIpc) is 2.98. The third kappa shape index (κ3) is 5.37. The second-order valence-corrected chi connectivity index (χ2v) is 6.56. The van der Waals surface area contributed by atoms with Gasteiger partial charge in [0.15, 0.2) is 0 Å². The highest BCUT2D eigenvalue weighted by atomic mass is 35.5. The molecule has 1 aromatic heterocycles. The lowest BCUT2D eigenvalue weighted by molar-refractivity contribution is 0.104. The minimum absolute atomic E-state index is 0. The smallest absolute Gasteiger partial charge is 0.142 e. The molecule has 0 saturated carbocycles. The molecule has 1 atom stereocenters. The van der Waals surface area contributed by atoms with E-state index < -0.39 is 6.10 Å². The van der Waals surface area contributed by atoms with E-state index in [1.165, 1.54) is 0 Å². The van der Waals surface area contributed by atoms with E-state index in [9.17, 15) is 5.11 Å². The summed E-state index contributed by atoms with van der Waals surface area (Å²) in [6.07, 6.45) is -0.473. The Bertz CT molecular complexity index is 849. The summed E-state index contributed by atoms with van der Waals surface area (Å²) in [6, 6.07) is 15.7. The molecule has 3 rings (SSSR count). The summed E-state index contributed by atoms with van der Waals surface area (Å²) in [4.78, 5) is 6.99. The summed E-state index contributed by atoms with van der Waals surface area (Å²) in [6.45, 7) is 7.19. The van der Waals surface area contributed by atoms with Crippen LogP contribution >= 0.6 is 36.4 Å². The van der Waals surface area contributed by atoms with E-state index in [-0.39, 0.29) is 24.8 Å². The Labute approximate surface area is 178 Å². The van der Waals surface area contributed by atoms with Crippen LogP contribution in [0.3, 0.4) is 0 Å². The molecule has 2 aromatic carbocycles. The number of para-hydroxylation sites is 2. The topological polar surface area (TPSA) is 41.3 Å². The van der Waals surface area contributed by atoms with Crippen molar-refractivity contribution in [3.8, 4) is 11.4 Å². The van der Waals surface area contributed by atoms with Crippen molar-refractivity contribution in [3.05, 3.63) is 53.6 Å². The Kier molecular flexibility index (Phi) is 9.57. The van der Waals surface area contributed by atoms with Gasteiger partial charge >= 0.3 is 0 Å². The van der Waals surface area contributed by atoms with Crippen LogP contribution in [0.25, 0.3) is 22.4 Å². The molecule has 4 nitrogen and oxygen atoms in total. The molecule has 0 fully saturated rings. The van der Waals surface area contributed by atoms with Crippen molar-refractivity contribution in [1.29, 1.82) is 0 Å². The predicted molar refractivity (Wildman–Crippen MR) is 118 cm³/mol. The molecule has 7 heteroatoms. The van der Waals surface area contributed by atoms with Crippen LogP contribution in [0.5, 0.6) is 0 Å². The highest BCUT2D eigenvalue weighted by molar-refractivity contribution is 6.33. The van der Waals surface area contributed by atoms with Gasteiger partial charge in [-0.25, -0.2) is 4.98 Å². The molecule has 1 unspecified atom stereocenters. The molecule has 3 aromatic rings. The van der Waals surface area contributed by atoms with E-state index in [0.29, 0.717) is 18.1 Å². The second kappa shape index (κ2) is 10.9. The largest absolute Gasteiger partial charge is 0.390 e. The van der Waals surface area contributed by atoms with E-state index in [1.54, 1.807) is 0 Å². The van der Waals surface area contributed by atoms with Crippen LogP contribution in [0.15, 0.2) is 48.5 Å². The first-order chi connectivity index (χ1) is 12.1. The summed E-state index contributed by atoms with van der Waals surface area (Å²) >= 11 is 6.40. The number of rotatable bonds is 7. The summed E-state index contributed by atoms with van der Waals surface area (Å²) in [5.41, 5.74) is 2.80. The number of hydrogen-bond donors (Lipinski definition) is 1. The van der Waals surface area contributed by atoms with Gasteiger partial charge in [0, 0.05) is 12.1 Å². The Hall–Kier alpha value is -1.30. The minimum atomic E-state index is -0.473. The maximum Gasteiger partial charge on any atom is 0.142 e. The van der Waals surface area contributed by atoms with Gasteiger partial charge in [0.25, 0.3) is 0 Å². The fourth-order valence-corrected chi connectivity index (χ4v) is 3.38. The van der Waals surface area contributed by atoms with Crippen molar-refractivity contribution in [2.45, 2.75) is 26.5 Å². The van der Waals surface area contributed by atoms with E-state index in [4.69, 9.17) is 16.6 Å². The van der Waals surface area contributed by atoms with Crippen molar-refractivity contribution in [2.24, 2.45) is 0 Å². The summed E-state index contributed by atoms with van der Waals surface area (Å²) in [7, 11) is 0. The van der Waals surface area contributed by atoms with Crippen molar-refractivity contribution in [3.63, 3.8) is 0 Å². The van der Waals surface area contributed by atoms with Crippen LogP contribution < -0.4 is 0 Å². The fraction of sp³-hybridized carbons (Fsp3) is 0.350. The number of aliphatic hydroxyl groups is 1. The Morgan fingerprint density at radius 1 is 1.04 bits per heavy atom. The first kappa shape index (κ1) is 23.7. The van der Waals surface area contributed by atoms with Crippen LogP contribution in [0.4, 0.5) is 0 Å². The van der Waals surface area contributed by atoms with Crippen LogP contribution in [0.1, 0.15) is 13.8 Å². The zero-order valence-electron chi connectivity index (χ0n) is 15.5. The summed E-state index contributed by atoms with van der Waals surface area (Å²) < 4.78 is 2.07. The Morgan fingerprint density at radius 2 is 1.67 bits per heavy atom. The zero-order chi connectivity index (χ0) is 17.8. The molecule has 0 aliphatic rings. The number of imidazole rings is 1. The van der Waals surface area contributed by atoms with E-state index in [1.807, 2.05) is 48.5 Å². The first-order valence-electron chi connectivity index (χ1n) is 8.74. The lowest BCUT2D eigenvalue weighted by Crippen LogP contribution is -2.34. The maximum absolute atomic E-state index is 10.6. The van der Waals surface area contributed by atoms with Crippen molar-refractivity contribution in [2.75, 3.05) is 19.6 Å². The molecule has 27 heavy (non-hydrogen) atoms. The average molecular weight is 431 g/mol. The molecule has 148 valence electrons. The Morgan fingerprint density at radius 3 is 2.33 bits per heavy atom. The zero-order valence-corrected chi connectivity index (χ0v) is 17.9. The molecule has 0 radical (unpaired) electrons. The molecular weight excluding hydrogens is 405 g/mol. The molecular formula is C20H26Cl3N3O. The number of benzene rings is 2. The normalized spacial score (nSPS) is 11.9. The van der Waals surface area contributed by atoms with E-state index in [2.05, 4.69) is 23.3 Å². The quantitative estimate of drug-likeness (QED) is 0.579. The predicted octanol–water partition coefficient (Wildman–Crippen LogP) is 4.90. The first-order valence-corrected chi connectivity index (χ1v) is 9.12. The second-order valence-electron chi connectivity index (χ2n) is 6.15. The molecule has 0 spiro atoms. The standard InChI is InChI=1S/C20H24ClN3O.2ClH/c1-3-23(4-2)13-15(25)14-24-19-12-8-7-11-18(19)22-20(24)16-9-5-6-10-17(16)21;;/h5-12,15,25H,3-4,13-14H2,1-2H3;2*1H. The van der Waals surface area contributed by atoms with Crippen LogP contribution in [0, 0.1) is 0 Å². The van der Waals surface area contributed by atoms with Crippen molar-refractivity contribution >= 4 is 47.4 Å². The number of likely N-dealkylation sites (N-methyl/N-ethyl adjacent to an activating group) is 1. The van der Waals surface area contributed by atoms with Gasteiger partial charge in [-0.2, -0.15) is 0 Å². The number of hydrogen-bond acceptors (Lipinski definition) is 3. The van der Waals surface area contributed by atoms with Gasteiger partial charge in [-0.3, -0.25) is 0 Å². The van der Waals surface area contributed by atoms with Crippen molar-refractivity contribution < 1.29 is 5.11 Å². The third-order valence-electron chi connectivity index (χ3n) is 4.53. The molecule has 0 aliphatic carbocycles. The van der Waals surface area contributed by atoms with Gasteiger partial charge in [-0.1, -0.05) is 49.7 Å². The number of halogens is 3. The fourth-order valence-electron chi connectivity index (χ4n) is 3.16. The van der Waals surface area contributed by atoms with E-state index in [0.717, 1.165) is 35.5 Å². The molecule has 1 N–H and O–H groups in total. The Balaban J connectivity index is 0.00000182. The number of nitrogens with zero attached hydrogens (tertiary/aromatic N) is 3. The lowest BCUT2D eigenvalue weighted by Gasteiger charge is -2.23. The van der Waals surface area contributed by atoms with Gasteiger partial charge in [0.1, 0.15) is 5.82 Å². The van der Waals surface area contributed by atoms with Crippen molar-refractivity contribution in [1.82, 2.24) is 14.5 Å². The summed E-state index contributed by atoms with van der Waals surface area (Å²) in [5, 5.41) is 11.3. The van der Waals surface area contributed by atoms with Crippen LogP contribution in [0.2, 0.25) is 5.02 Å². The minimum Gasteiger partial charge on any atom is -0.390 e. The highest BCUT2D eigenvalue weighted by Crippen LogP contribution is 2.30. The van der Waals surface area contributed by atoms with E-state index >= 15 is 0 Å². The highest BCUT2D eigenvalue weighted by Gasteiger charge is 2.18. The molecule has 0 saturated heterocycles. The monoisotopic (exact) mass is 429 g/mol. The third-order valence-corrected chi connectivity index (χ3v) is 4.86. The molecule has 0 bridgehead atoms. The number of aromatic nitrogens is 2. The van der Waals surface area contributed by atoms with Gasteiger partial charge < -0.3 is 14.6 Å². The summed E-state index contributed by atoms with van der Waals surface area (Å²) in [5.74, 6) is 0.797. The molecule has 1 heterocycles. The maximum atomic E-state index is 10.6. The molecule has 0 amide bonds. The number of aliphatic hydroxyl groups excluding tert-OH is 1. The van der Waals surface area contributed by atoms with Crippen LogP contribution in [-0.4, -0.2) is 45.3 Å². The van der Waals surface area contributed by atoms with Gasteiger partial charge in [-0.15, -0.1) is 24.8 Å². The number of fused-ring (bicyclic) bond motifs is 1. The van der Waals surface area contributed by atoms with Gasteiger partial charge in [0.2, 0.25) is 0 Å². The SMILES string of the molecule is CCN(CC)CC(O)Cn1c(-c2ccccc2Cl)nc2ccccc21.Cl.Cl. The van der Waals surface area contributed by atoms with Gasteiger partial charge in [-0.05, 0) is 37.4 Å². The van der Waals surface area contributed by atoms with Crippen LogP contribution in [-0.2, 0) is 6.54 Å². The lowest BCUT2D eigenvalue weighted by atomic mass is 10.2. The molecule has 0 aliphatic heterocycles. The van der Waals surface area contributed by atoms with Gasteiger partial charge in [0.05, 0.1) is 28.7 Å².